The highest BCUT2D eigenvalue weighted by molar-refractivity contribution is 6.33. The first-order valence-corrected chi connectivity index (χ1v) is 5.98. The maximum absolute atomic E-state index is 11.9. The Balaban J connectivity index is 2.20. The fourth-order valence-corrected chi connectivity index (χ4v) is 1.88. The zero-order valence-corrected chi connectivity index (χ0v) is 10.9. The Morgan fingerprint density at radius 1 is 1.10 bits per heavy atom. The number of carboxylic acids is 1. The molecule has 2 rings (SSSR count). The number of phenolic OH excluding ortho intramolecular Hbond substituents is 1. The molecule has 0 unspecified atom stereocenters. The van der Waals surface area contributed by atoms with Crippen molar-refractivity contribution in [3.05, 3.63) is 58.6 Å². The number of amides is 1. The summed E-state index contributed by atoms with van der Waals surface area (Å²) in [6, 6.07) is 9.97. The third-order valence-electron chi connectivity index (χ3n) is 2.57. The minimum absolute atomic E-state index is 0.0168. The van der Waals surface area contributed by atoms with Gasteiger partial charge in [-0.2, -0.15) is 0 Å². The predicted octanol–water partition coefficient (Wildman–Crippen LogP) is 3.00. The number of aromatic hydroxyl groups is 1. The number of hydrogen-bond acceptors (Lipinski definition) is 3. The van der Waals surface area contributed by atoms with Gasteiger partial charge in [0.25, 0.3) is 5.91 Å². The van der Waals surface area contributed by atoms with Crippen LogP contribution in [0.4, 0.5) is 5.69 Å². The van der Waals surface area contributed by atoms with Gasteiger partial charge in [0.1, 0.15) is 5.75 Å². The second kappa shape index (κ2) is 5.63. The first-order chi connectivity index (χ1) is 9.47. The first-order valence-electron chi connectivity index (χ1n) is 5.60. The number of carboxylic acid groups (broad SMARTS) is 1. The summed E-state index contributed by atoms with van der Waals surface area (Å²) in [5.41, 5.74) is 0.610. The molecule has 1 amide bonds. The maximum Gasteiger partial charge on any atom is 0.337 e. The van der Waals surface area contributed by atoms with Crippen LogP contribution in [0.3, 0.4) is 0 Å². The average molecular weight is 292 g/mol. The second-order valence-electron chi connectivity index (χ2n) is 4.00. The molecular weight excluding hydrogens is 282 g/mol. The van der Waals surface area contributed by atoms with E-state index in [-0.39, 0.29) is 21.9 Å². The molecule has 0 aliphatic heterocycles. The number of anilines is 1. The van der Waals surface area contributed by atoms with E-state index in [1.165, 1.54) is 30.3 Å². The lowest BCUT2D eigenvalue weighted by atomic mass is 10.1. The van der Waals surface area contributed by atoms with E-state index in [9.17, 15) is 14.7 Å². The van der Waals surface area contributed by atoms with Crippen molar-refractivity contribution in [2.24, 2.45) is 0 Å². The van der Waals surface area contributed by atoms with Crippen LogP contribution in [0.25, 0.3) is 0 Å². The number of phenols is 1. The lowest BCUT2D eigenvalue weighted by Crippen LogP contribution is -2.12. The lowest BCUT2D eigenvalue weighted by Gasteiger charge is -2.07. The van der Waals surface area contributed by atoms with Crippen molar-refractivity contribution in [1.29, 1.82) is 0 Å². The van der Waals surface area contributed by atoms with E-state index in [1.807, 2.05) is 0 Å². The van der Waals surface area contributed by atoms with E-state index in [0.717, 1.165) is 0 Å². The minimum Gasteiger partial charge on any atom is -0.508 e. The Bertz CT molecular complexity index is 685. The van der Waals surface area contributed by atoms with Crippen LogP contribution in [-0.4, -0.2) is 22.1 Å². The molecule has 0 aliphatic rings. The highest BCUT2D eigenvalue weighted by Gasteiger charge is 2.11. The van der Waals surface area contributed by atoms with E-state index in [1.54, 1.807) is 12.1 Å². The molecule has 2 aromatic rings. The monoisotopic (exact) mass is 291 g/mol. The smallest absolute Gasteiger partial charge is 0.337 e. The number of benzene rings is 2. The predicted molar refractivity (Wildman–Crippen MR) is 74.5 cm³/mol. The molecule has 6 heteroatoms. The van der Waals surface area contributed by atoms with Crippen molar-refractivity contribution in [3.63, 3.8) is 0 Å². The number of carbonyl (C=O) groups excluding carboxylic acids is 1. The summed E-state index contributed by atoms with van der Waals surface area (Å²) in [7, 11) is 0. The molecule has 5 nitrogen and oxygen atoms in total. The molecule has 0 saturated heterocycles. The van der Waals surface area contributed by atoms with E-state index in [4.69, 9.17) is 16.7 Å². The SMILES string of the molecule is O=C(Nc1ccc(C(=O)O)c(Cl)c1)c1cccc(O)c1. The summed E-state index contributed by atoms with van der Waals surface area (Å²) in [4.78, 5) is 22.7. The van der Waals surface area contributed by atoms with Gasteiger partial charge in [0.05, 0.1) is 10.6 Å². The summed E-state index contributed by atoms with van der Waals surface area (Å²) < 4.78 is 0. The van der Waals surface area contributed by atoms with Crippen molar-refractivity contribution in [2.45, 2.75) is 0 Å². The molecule has 102 valence electrons. The molecule has 0 aromatic heterocycles. The van der Waals surface area contributed by atoms with Crippen molar-refractivity contribution in [1.82, 2.24) is 0 Å². The Hall–Kier alpha value is -2.53. The van der Waals surface area contributed by atoms with Gasteiger partial charge in [-0.05, 0) is 36.4 Å². The van der Waals surface area contributed by atoms with E-state index in [2.05, 4.69) is 5.32 Å². The average Bonchev–Trinajstić information content (AvgIpc) is 2.38. The molecule has 0 saturated carbocycles. The number of rotatable bonds is 3. The van der Waals surface area contributed by atoms with Crippen LogP contribution in [0.15, 0.2) is 42.5 Å². The molecule has 0 fully saturated rings. The van der Waals surface area contributed by atoms with Gasteiger partial charge in [0, 0.05) is 11.3 Å². The van der Waals surface area contributed by atoms with E-state index in [0.29, 0.717) is 5.69 Å². The quantitative estimate of drug-likeness (QED) is 0.811. The third kappa shape index (κ3) is 3.07. The van der Waals surface area contributed by atoms with Gasteiger partial charge in [-0.25, -0.2) is 4.79 Å². The van der Waals surface area contributed by atoms with E-state index < -0.39 is 11.9 Å². The maximum atomic E-state index is 11.9. The number of halogens is 1. The molecule has 0 heterocycles. The van der Waals surface area contributed by atoms with Gasteiger partial charge in [-0.3, -0.25) is 4.79 Å². The number of carbonyl (C=O) groups is 2. The lowest BCUT2D eigenvalue weighted by molar-refractivity contribution is 0.0697. The number of aromatic carboxylic acids is 1. The van der Waals surface area contributed by atoms with Gasteiger partial charge in [0.15, 0.2) is 0 Å². The minimum atomic E-state index is -1.14. The van der Waals surface area contributed by atoms with Crippen LogP contribution >= 0.6 is 11.6 Å². The van der Waals surface area contributed by atoms with Crippen LogP contribution in [0.2, 0.25) is 5.02 Å². The first kappa shape index (κ1) is 13.9. The van der Waals surface area contributed by atoms with Crippen molar-refractivity contribution in [3.8, 4) is 5.75 Å². The summed E-state index contributed by atoms with van der Waals surface area (Å²) in [6.45, 7) is 0. The molecule has 2 aromatic carbocycles. The molecule has 3 N–H and O–H groups in total. The fourth-order valence-electron chi connectivity index (χ4n) is 1.62. The van der Waals surface area contributed by atoms with Crippen molar-refractivity contribution >= 4 is 29.2 Å². The molecule has 0 aliphatic carbocycles. The highest BCUT2D eigenvalue weighted by atomic mass is 35.5. The molecule has 0 atom stereocenters. The Morgan fingerprint density at radius 3 is 2.45 bits per heavy atom. The van der Waals surface area contributed by atoms with Gasteiger partial charge < -0.3 is 15.5 Å². The summed E-state index contributed by atoms with van der Waals surface area (Å²) in [6.07, 6.45) is 0. The second-order valence-corrected chi connectivity index (χ2v) is 4.41. The van der Waals surface area contributed by atoms with Crippen LogP contribution in [0, 0.1) is 0 Å². The fraction of sp³-hybridized carbons (Fsp3) is 0. The normalized spacial score (nSPS) is 10.1. The number of nitrogens with one attached hydrogen (secondary N) is 1. The highest BCUT2D eigenvalue weighted by Crippen LogP contribution is 2.22. The molecular formula is C14H10ClNO4. The number of hydrogen-bond donors (Lipinski definition) is 3. The van der Waals surface area contributed by atoms with Crippen molar-refractivity contribution in [2.75, 3.05) is 5.32 Å². The zero-order chi connectivity index (χ0) is 14.7. The Morgan fingerprint density at radius 2 is 1.85 bits per heavy atom. The zero-order valence-electron chi connectivity index (χ0n) is 10.1. The van der Waals surface area contributed by atoms with Gasteiger partial charge >= 0.3 is 5.97 Å². The molecule has 20 heavy (non-hydrogen) atoms. The molecule has 0 spiro atoms. The molecule has 0 bridgehead atoms. The van der Waals surface area contributed by atoms with Crippen LogP contribution < -0.4 is 5.32 Å². The van der Waals surface area contributed by atoms with Crippen LogP contribution in [0.1, 0.15) is 20.7 Å². The third-order valence-corrected chi connectivity index (χ3v) is 2.88. The van der Waals surface area contributed by atoms with Crippen molar-refractivity contribution < 1.29 is 19.8 Å². The molecule has 0 radical (unpaired) electrons. The summed E-state index contributed by atoms with van der Waals surface area (Å²) in [5, 5.41) is 20.7. The van der Waals surface area contributed by atoms with E-state index >= 15 is 0 Å². The van der Waals surface area contributed by atoms with Gasteiger partial charge in [-0.1, -0.05) is 17.7 Å². The largest absolute Gasteiger partial charge is 0.508 e. The Kier molecular flexibility index (Phi) is 3.91. The Labute approximate surface area is 119 Å². The standard InChI is InChI=1S/C14H10ClNO4/c15-12-7-9(4-5-11(12)14(19)20)16-13(18)8-2-1-3-10(17)6-8/h1-7,17H,(H,16,18)(H,19,20). The van der Waals surface area contributed by atoms with Gasteiger partial charge in [-0.15, -0.1) is 0 Å². The van der Waals surface area contributed by atoms with Crippen LogP contribution in [0.5, 0.6) is 5.75 Å². The van der Waals surface area contributed by atoms with Gasteiger partial charge in [0.2, 0.25) is 0 Å². The summed E-state index contributed by atoms with van der Waals surface area (Å²) >= 11 is 5.81. The topological polar surface area (TPSA) is 86.6 Å². The van der Waals surface area contributed by atoms with Crippen LogP contribution in [-0.2, 0) is 0 Å². The summed E-state index contributed by atoms with van der Waals surface area (Å²) in [5.74, 6) is -1.59.